The topological polar surface area (TPSA) is 44.8 Å². The van der Waals surface area contributed by atoms with Crippen LogP contribution in [0.3, 0.4) is 0 Å². The van der Waals surface area contributed by atoms with Crippen molar-refractivity contribution in [2.24, 2.45) is 17.3 Å². The summed E-state index contributed by atoms with van der Waals surface area (Å²) in [5.41, 5.74) is 5.96. The van der Waals surface area contributed by atoms with E-state index in [-0.39, 0.29) is 34.5 Å². The van der Waals surface area contributed by atoms with Gasteiger partial charge in [0.05, 0.1) is 19.6 Å². The lowest BCUT2D eigenvalue weighted by Crippen LogP contribution is -2.15. The summed E-state index contributed by atoms with van der Waals surface area (Å²) in [6.45, 7) is 11.4. The monoisotopic (exact) mass is 530 g/mol. The molecule has 0 saturated heterocycles. The van der Waals surface area contributed by atoms with Crippen LogP contribution < -0.4 is 9.47 Å². The average Bonchev–Trinajstić information content (AvgIpc) is 3.31. The zero-order valence-electron chi connectivity index (χ0n) is 23.9. The quantitative estimate of drug-likeness (QED) is 0.280. The minimum atomic E-state index is -0.266. The van der Waals surface area contributed by atoms with Crippen LogP contribution in [0.4, 0.5) is 4.39 Å². The van der Waals surface area contributed by atoms with Crippen LogP contribution in [0, 0.1) is 23.1 Å². The second-order valence-electron chi connectivity index (χ2n) is 12.2. The number of benzene rings is 3. The number of methoxy groups -OCH3 is 1. The molecule has 3 atom stereocenters. The smallest absolute Gasteiger partial charge is 0.310 e. The van der Waals surface area contributed by atoms with Gasteiger partial charge in [-0.3, -0.25) is 4.79 Å². The summed E-state index contributed by atoms with van der Waals surface area (Å²) in [6, 6.07) is 17.3. The van der Waals surface area contributed by atoms with E-state index in [0.29, 0.717) is 24.5 Å². The predicted molar refractivity (Wildman–Crippen MR) is 152 cm³/mol. The van der Waals surface area contributed by atoms with Crippen molar-refractivity contribution in [3.63, 3.8) is 0 Å². The number of carbonyl (C=O) groups is 1. The van der Waals surface area contributed by atoms with Crippen LogP contribution in [0.2, 0.25) is 0 Å². The lowest BCUT2D eigenvalue weighted by Gasteiger charge is -2.22. The molecule has 4 nitrogen and oxygen atoms in total. The molecule has 0 bridgehead atoms. The Hall–Kier alpha value is -3.34. The van der Waals surface area contributed by atoms with E-state index in [1.165, 1.54) is 17.2 Å². The van der Waals surface area contributed by atoms with Crippen LogP contribution in [-0.2, 0) is 34.4 Å². The molecule has 1 spiro atoms. The molecule has 0 N–H and O–H groups in total. The van der Waals surface area contributed by atoms with Crippen LogP contribution in [0.5, 0.6) is 11.5 Å². The fourth-order valence-electron chi connectivity index (χ4n) is 6.57. The summed E-state index contributed by atoms with van der Waals surface area (Å²) in [5.74, 6) is 1.29. The molecule has 1 saturated carbocycles. The molecule has 0 aliphatic heterocycles. The van der Waals surface area contributed by atoms with E-state index in [9.17, 15) is 9.18 Å². The second-order valence-corrected chi connectivity index (χ2v) is 12.2. The van der Waals surface area contributed by atoms with Crippen molar-refractivity contribution >= 4 is 5.97 Å². The maximum atomic E-state index is 14.9. The van der Waals surface area contributed by atoms with Gasteiger partial charge in [0.25, 0.3) is 0 Å². The van der Waals surface area contributed by atoms with E-state index < -0.39 is 0 Å². The summed E-state index contributed by atoms with van der Waals surface area (Å²) in [5, 5.41) is 0. The summed E-state index contributed by atoms with van der Waals surface area (Å²) in [7, 11) is 1.59. The molecule has 5 heteroatoms. The fourth-order valence-corrected chi connectivity index (χ4v) is 6.57. The zero-order valence-corrected chi connectivity index (χ0v) is 23.9. The number of halogens is 1. The van der Waals surface area contributed by atoms with Gasteiger partial charge in [-0.1, -0.05) is 52.0 Å². The zero-order chi connectivity index (χ0) is 27.9. The Morgan fingerprint density at radius 1 is 1.03 bits per heavy atom. The maximum Gasteiger partial charge on any atom is 0.310 e. The first-order valence-corrected chi connectivity index (χ1v) is 14.0. The van der Waals surface area contributed by atoms with Crippen LogP contribution in [0.1, 0.15) is 63.3 Å². The number of ether oxygens (including phenoxy) is 3. The molecule has 1 fully saturated rings. The molecule has 0 heterocycles. The van der Waals surface area contributed by atoms with Crippen molar-refractivity contribution in [1.29, 1.82) is 0 Å². The second kappa shape index (κ2) is 10.3. The molecule has 3 aromatic carbocycles. The molecule has 2 aliphatic rings. The van der Waals surface area contributed by atoms with Crippen LogP contribution in [-0.4, -0.2) is 19.7 Å². The molecule has 3 aromatic rings. The van der Waals surface area contributed by atoms with Gasteiger partial charge in [0, 0.05) is 11.0 Å². The highest BCUT2D eigenvalue weighted by Crippen LogP contribution is 2.66. The number of fused-ring (bicyclic) bond motifs is 2. The van der Waals surface area contributed by atoms with Crippen molar-refractivity contribution in [2.45, 2.75) is 65.9 Å². The largest absolute Gasteiger partial charge is 0.497 e. The number of hydrogen-bond donors (Lipinski definition) is 0. The SMILES string of the molecule is CCOC(=O)C1[C@H](C)C12CCc1ccc(OCc3ccc(-c4cc(OC)ccc4F)c(CC(C)(C)C)c3)cc12. The van der Waals surface area contributed by atoms with Gasteiger partial charge in [-0.25, -0.2) is 4.39 Å². The Balaban J connectivity index is 1.39. The van der Waals surface area contributed by atoms with Crippen LogP contribution >= 0.6 is 0 Å². The lowest BCUT2D eigenvalue weighted by atomic mass is 9.84. The standard InChI is InChI=1S/C34H39FO4/c1-7-38-32(36)31-21(2)34(31)15-14-23-9-10-26(18-29(23)34)39-20-22-8-12-27(24(16-22)19-33(3,4)5)28-17-25(37-6)11-13-30(28)35/h8-13,16-18,21,31H,7,14-15,19-20H2,1-6H3/t21-,31?,34?/m0/s1. The minimum absolute atomic E-state index is 0.0221. The van der Waals surface area contributed by atoms with E-state index in [1.54, 1.807) is 19.2 Å². The average molecular weight is 531 g/mol. The highest BCUT2D eigenvalue weighted by molar-refractivity contribution is 5.81. The first-order valence-electron chi connectivity index (χ1n) is 14.0. The predicted octanol–water partition coefficient (Wildman–Crippen LogP) is 7.68. The molecule has 0 radical (unpaired) electrons. The van der Waals surface area contributed by atoms with E-state index in [1.807, 2.05) is 25.1 Å². The van der Waals surface area contributed by atoms with Crippen molar-refractivity contribution < 1.29 is 23.4 Å². The van der Waals surface area contributed by atoms with Gasteiger partial charge in [0.2, 0.25) is 0 Å². The number of esters is 1. The molecule has 206 valence electrons. The van der Waals surface area contributed by atoms with Gasteiger partial charge in [-0.2, -0.15) is 0 Å². The Bertz CT molecular complexity index is 1390. The van der Waals surface area contributed by atoms with E-state index in [4.69, 9.17) is 14.2 Å². The number of rotatable bonds is 8. The number of aryl methyl sites for hydroxylation is 1. The highest BCUT2D eigenvalue weighted by Gasteiger charge is 2.68. The molecule has 0 amide bonds. The summed E-state index contributed by atoms with van der Waals surface area (Å²) < 4.78 is 31.9. The molecular formula is C34H39FO4. The Morgan fingerprint density at radius 3 is 2.51 bits per heavy atom. The van der Waals surface area contributed by atoms with Gasteiger partial charge in [0.1, 0.15) is 23.9 Å². The van der Waals surface area contributed by atoms with E-state index in [2.05, 4.69) is 45.9 Å². The number of carbonyl (C=O) groups excluding carboxylic acids is 1. The molecule has 2 unspecified atom stereocenters. The van der Waals surface area contributed by atoms with Gasteiger partial charge in [0.15, 0.2) is 0 Å². The Labute approximate surface area is 231 Å². The van der Waals surface area contributed by atoms with Gasteiger partial charge in [-0.15, -0.1) is 0 Å². The normalized spacial score (nSPS) is 21.5. The van der Waals surface area contributed by atoms with Crippen molar-refractivity contribution in [3.05, 3.63) is 82.7 Å². The van der Waals surface area contributed by atoms with Crippen LogP contribution in [0.25, 0.3) is 11.1 Å². The Kier molecular flexibility index (Phi) is 7.21. The third kappa shape index (κ3) is 5.16. The maximum absolute atomic E-state index is 14.9. The van der Waals surface area contributed by atoms with Crippen molar-refractivity contribution in [2.75, 3.05) is 13.7 Å². The third-order valence-electron chi connectivity index (χ3n) is 8.45. The minimum Gasteiger partial charge on any atom is -0.497 e. The van der Waals surface area contributed by atoms with Gasteiger partial charge >= 0.3 is 5.97 Å². The molecular weight excluding hydrogens is 491 g/mol. The molecule has 0 aromatic heterocycles. The van der Waals surface area contributed by atoms with Gasteiger partial charge < -0.3 is 14.2 Å². The van der Waals surface area contributed by atoms with Gasteiger partial charge in [-0.05, 0) is 95.7 Å². The van der Waals surface area contributed by atoms with E-state index >= 15 is 0 Å². The summed E-state index contributed by atoms with van der Waals surface area (Å²) >= 11 is 0. The summed E-state index contributed by atoms with van der Waals surface area (Å²) in [4.78, 5) is 12.6. The summed E-state index contributed by atoms with van der Waals surface area (Å²) in [6.07, 6.45) is 2.75. The first kappa shape index (κ1) is 27.2. The molecule has 5 rings (SSSR count). The fraction of sp³-hybridized carbons (Fsp3) is 0.441. The lowest BCUT2D eigenvalue weighted by molar-refractivity contribution is -0.145. The Morgan fingerprint density at radius 2 is 1.79 bits per heavy atom. The van der Waals surface area contributed by atoms with Crippen LogP contribution in [0.15, 0.2) is 54.6 Å². The van der Waals surface area contributed by atoms with Crippen molar-refractivity contribution in [3.8, 4) is 22.6 Å². The molecule has 39 heavy (non-hydrogen) atoms. The molecule has 2 aliphatic carbocycles. The highest BCUT2D eigenvalue weighted by atomic mass is 19.1. The third-order valence-corrected chi connectivity index (χ3v) is 8.45. The number of hydrogen-bond acceptors (Lipinski definition) is 4. The van der Waals surface area contributed by atoms with Crippen molar-refractivity contribution in [1.82, 2.24) is 0 Å². The van der Waals surface area contributed by atoms with E-state index in [0.717, 1.165) is 41.7 Å². The first-order chi connectivity index (χ1) is 18.6.